The van der Waals surface area contributed by atoms with Crippen LogP contribution in [0.4, 0.5) is 0 Å². The molecule has 0 aliphatic carbocycles. The van der Waals surface area contributed by atoms with Gasteiger partial charge in [-0.2, -0.15) is 0 Å². The predicted molar refractivity (Wildman–Crippen MR) is 94.7 cm³/mol. The van der Waals surface area contributed by atoms with Gasteiger partial charge in [-0.25, -0.2) is 8.42 Å². The molecule has 2 N–H and O–H groups in total. The summed E-state index contributed by atoms with van der Waals surface area (Å²) in [6.45, 7) is 4.96. The summed E-state index contributed by atoms with van der Waals surface area (Å²) in [6.07, 6.45) is 1.80. The number of sulfone groups is 1. The van der Waals surface area contributed by atoms with Crippen LogP contribution in [0, 0.1) is 6.92 Å². The highest BCUT2D eigenvalue weighted by Gasteiger charge is 2.48. The molecule has 0 bridgehead atoms. The maximum absolute atomic E-state index is 12.7. The fraction of sp³-hybridized carbons (Fsp3) is 0.562. The van der Waals surface area contributed by atoms with Crippen LogP contribution in [-0.2, 0) is 14.6 Å². The van der Waals surface area contributed by atoms with Crippen LogP contribution in [0.5, 0.6) is 0 Å². The number of hydrogen-bond acceptors (Lipinski definition) is 4. The lowest BCUT2D eigenvalue weighted by Crippen LogP contribution is -2.57. The molecule has 1 heterocycles. The van der Waals surface area contributed by atoms with Crippen LogP contribution in [-0.4, -0.2) is 38.4 Å². The van der Waals surface area contributed by atoms with Crippen LogP contribution in [0.25, 0.3) is 0 Å². The molecule has 1 atom stereocenters. The third kappa shape index (κ3) is 4.25. The van der Waals surface area contributed by atoms with Crippen LogP contribution in [0.1, 0.15) is 36.9 Å². The second-order valence-electron chi connectivity index (χ2n) is 6.12. The lowest BCUT2D eigenvalue weighted by atomic mass is 9.95. The van der Waals surface area contributed by atoms with Gasteiger partial charge in [-0.1, -0.05) is 29.8 Å². The zero-order chi connectivity index (χ0) is 16.4. The van der Waals surface area contributed by atoms with Crippen LogP contribution in [0.2, 0.25) is 0 Å². The molecule has 1 aliphatic rings. The maximum atomic E-state index is 12.7. The van der Waals surface area contributed by atoms with Gasteiger partial charge in [0.25, 0.3) is 0 Å². The molecular weight excluding hydrogens is 336 g/mol. The van der Waals surface area contributed by atoms with Gasteiger partial charge in [0.2, 0.25) is 5.91 Å². The van der Waals surface area contributed by atoms with Crippen molar-refractivity contribution in [2.24, 2.45) is 0 Å². The van der Waals surface area contributed by atoms with E-state index in [1.165, 1.54) is 0 Å². The minimum Gasteiger partial charge on any atom is -0.348 e. The summed E-state index contributed by atoms with van der Waals surface area (Å²) in [5, 5.41) is 6.00. The van der Waals surface area contributed by atoms with E-state index in [2.05, 4.69) is 10.6 Å². The number of rotatable bonds is 4. The minimum absolute atomic E-state index is 0. The number of hydrogen-bond donors (Lipinski definition) is 2. The highest BCUT2D eigenvalue weighted by molar-refractivity contribution is 7.92. The Morgan fingerprint density at radius 2 is 1.74 bits per heavy atom. The number of aryl methyl sites for hydroxylation is 1. The predicted octanol–water partition coefficient (Wildman–Crippen LogP) is 1.76. The highest BCUT2D eigenvalue weighted by atomic mass is 35.5. The van der Waals surface area contributed by atoms with Gasteiger partial charge in [0.15, 0.2) is 14.6 Å². The lowest BCUT2D eigenvalue weighted by Gasteiger charge is -2.35. The third-order valence-electron chi connectivity index (χ3n) is 4.46. The molecule has 1 saturated heterocycles. The number of amides is 1. The average Bonchev–Trinajstić information content (AvgIpc) is 2.47. The largest absolute Gasteiger partial charge is 0.348 e. The Hall–Kier alpha value is -1.11. The Kier molecular flexibility index (Phi) is 6.62. The first kappa shape index (κ1) is 19.9. The van der Waals surface area contributed by atoms with Crippen molar-refractivity contribution in [2.75, 3.05) is 19.3 Å². The van der Waals surface area contributed by atoms with Crippen molar-refractivity contribution in [2.45, 2.75) is 37.5 Å². The van der Waals surface area contributed by atoms with Gasteiger partial charge in [0.1, 0.15) is 0 Å². The maximum Gasteiger partial charge on any atom is 0.242 e. The number of benzene rings is 1. The van der Waals surface area contributed by atoms with Gasteiger partial charge < -0.3 is 10.6 Å². The third-order valence-corrected chi connectivity index (χ3v) is 6.47. The zero-order valence-electron chi connectivity index (χ0n) is 13.8. The quantitative estimate of drug-likeness (QED) is 0.858. The number of carbonyl (C=O) groups excluding carboxylic acids is 1. The molecule has 2 rings (SSSR count). The van der Waals surface area contributed by atoms with E-state index < -0.39 is 14.6 Å². The molecule has 23 heavy (non-hydrogen) atoms. The molecule has 0 radical (unpaired) electrons. The van der Waals surface area contributed by atoms with E-state index in [9.17, 15) is 13.2 Å². The van der Waals surface area contributed by atoms with Crippen molar-refractivity contribution in [3.8, 4) is 0 Å². The first-order chi connectivity index (χ1) is 10.3. The Morgan fingerprint density at radius 1 is 1.22 bits per heavy atom. The number of piperidine rings is 1. The molecule has 0 spiro atoms. The fourth-order valence-electron chi connectivity index (χ4n) is 2.86. The number of carbonyl (C=O) groups is 1. The van der Waals surface area contributed by atoms with E-state index in [1.54, 1.807) is 0 Å². The van der Waals surface area contributed by atoms with Crippen LogP contribution in [0.15, 0.2) is 24.3 Å². The summed E-state index contributed by atoms with van der Waals surface area (Å²) >= 11 is 0. The van der Waals surface area contributed by atoms with E-state index in [0.29, 0.717) is 25.9 Å². The molecule has 1 amide bonds. The SMILES string of the molecule is Cc1ccc(C(C)NC(=O)C2(S(C)(=O)=O)CCNCC2)cc1.Cl. The first-order valence-electron chi connectivity index (χ1n) is 7.54. The molecule has 1 fully saturated rings. The van der Waals surface area contributed by atoms with Crippen molar-refractivity contribution >= 4 is 28.2 Å². The fourth-order valence-corrected chi connectivity index (χ4v) is 4.20. The van der Waals surface area contributed by atoms with E-state index in [4.69, 9.17) is 0 Å². The molecular formula is C16H25ClN2O3S. The van der Waals surface area contributed by atoms with Crippen molar-refractivity contribution in [1.29, 1.82) is 0 Å². The van der Waals surface area contributed by atoms with Crippen LogP contribution in [0.3, 0.4) is 0 Å². The monoisotopic (exact) mass is 360 g/mol. The summed E-state index contributed by atoms with van der Waals surface area (Å²) in [5.74, 6) is -0.385. The van der Waals surface area contributed by atoms with Gasteiger partial charge in [-0.15, -0.1) is 12.4 Å². The van der Waals surface area contributed by atoms with E-state index in [0.717, 1.165) is 17.4 Å². The lowest BCUT2D eigenvalue weighted by molar-refractivity contribution is -0.125. The molecule has 130 valence electrons. The van der Waals surface area contributed by atoms with Crippen molar-refractivity contribution in [3.05, 3.63) is 35.4 Å². The topological polar surface area (TPSA) is 75.3 Å². The van der Waals surface area contributed by atoms with Crippen molar-refractivity contribution in [1.82, 2.24) is 10.6 Å². The summed E-state index contributed by atoms with van der Waals surface area (Å²) < 4.78 is 23.1. The Balaban J connectivity index is 0.00000264. The number of halogens is 1. The normalized spacial score (nSPS) is 18.6. The van der Waals surface area contributed by atoms with Gasteiger partial charge in [-0.3, -0.25) is 4.79 Å². The summed E-state index contributed by atoms with van der Waals surface area (Å²) in [5.41, 5.74) is 2.12. The Labute approximate surface area is 144 Å². The standard InChI is InChI=1S/C16H24N2O3S.ClH/c1-12-4-6-14(7-5-12)13(2)18-15(19)16(22(3,20)21)8-10-17-11-9-16;/h4-7,13,17H,8-11H2,1-3H3,(H,18,19);1H. The Bertz CT molecular complexity index is 638. The van der Waals surface area contributed by atoms with Gasteiger partial charge in [0.05, 0.1) is 6.04 Å². The summed E-state index contributed by atoms with van der Waals surface area (Å²) in [6, 6.07) is 7.65. The molecule has 0 aromatic heterocycles. The average molecular weight is 361 g/mol. The molecule has 1 aliphatic heterocycles. The molecule has 5 nitrogen and oxygen atoms in total. The molecule has 1 aromatic carbocycles. The first-order valence-corrected chi connectivity index (χ1v) is 9.43. The van der Waals surface area contributed by atoms with Gasteiger partial charge in [0, 0.05) is 6.26 Å². The zero-order valence-corrected chi connectivity index (χ0v) is 15.4. The molecule has 1 aromatic rings. The highest BCUT2D eigenvalue weighted by Crippen LogP contribution is 2.29. The van der Waals surface area contributed by atoms with Gasteiger partial charge >= 0.3 is 0 Å². The van der Waals surface area contributed by atoms with Crippen molar-refractivity contribution in [3.63, 3.8) is 0 Å². The summed E-state index contributed by atoms with van der Waals surface area (Å²) in [7, 11) is -3.47. The number of nitrogens with one attached hydrogen (secondary N) is 2. The Morgan fingerprint density at radius 3 is 2.22 bits per heavy atom. The van der Waals surface area contributed by atoms with Crippen molar-refractivity contribution < 1.29 is 13.2 Å². The molecule has 7 heteroatoms. The van der Waals surface area contributed by atoms with Gasteiger partial charge in [-0.05, 0) is 45.3 Å². The molecule has 1 unspecified atom stereocenters. The van der Waals surface area contributed by atoms with Crippen LogP contribution < -0.4 is 10.6 Å². The minimum atomic E-state index is -3.47. The van der Waals surface area contributed by atoms with Crippen LogP contribution >= 0.6 is 12.4 Å². The smallest absolute Gasteiger partial charge is 0.242 e. The summed E-state index contributed by atoms with van der Waals surface area (Å²) in [4.78, 5) is 12.7. The van der Waals surface area contributed by atoms with E-state index in [1.807, 2.05) is 38.1 Å². The second-order valence-corrected chi connectivity index (χ2v) is 8.45. The molecule has 0 saturated carbocycles. The second kappa shape index (κ2) is 7.64. The van der Waals surface area contributed by atoms with E-state index in [-0.39, 0.29) is 24.4 Å². The van der Waals surface area contributed by atoms with E-state index >= 15 is 0 Å².